The van der Waals surface area contributed by atoms with Crippen molar-refractivity contribution in [2.75, 3.05) is 5.32 Å². The lowest BCUT2D eigenvalue weighted by molar-refractivity contribution is -0.123. The first-order chi connectivity index (χ1) is 11.9. The molecular formula is C19H23N3O3. The minimum absolute atomic E-state index is 0.0724. The van der Waals surface area contributed by atoms with Crippen LogP contribution in [0, 0.1) is 6.92 Å². The van der Waals surface area contributed by atoms with Gasteiger partial charge in [0.25, 0.3) is 5.91 Å². The van der Waals surface area contributed by atoms with Gasteiger partial charge in [-0.05, 0) is 43.9 Å². The largest absolute Gasteiger partial charge is 0.448 e. The summed E-state index contributed by atoms with van der Waals surface area (Å²) < 4.78 is 5.14. The van der Waals surface area contributed by atoms with Gasteiger partial charge in [0, 0.05) is 11.9 Å². The van der Waals surface area contributed by atoms with Crippen LogP contribution in [-0.4, -0.2) is 27.9 Å². The summed E-state index contributed by atoms with van der Waals surface area (Å²) in [5.74, 6) is -0.604. The van der Waals surface area contributed by atoms with E-state index in [0.717, 1.165) is 6.42 Å². The van der Waals surface area contributed by atoms with Gasteiger partial charge in [0.1, 0.15) is 0 Å². The Bertz CT molecular complexity index is 727. The quantitative estimate of drug-likeness (QED) is 0.814. The summed E-state index contributed by atoms with van der Waals surface area (Å²) in [6.45, 7) is 7.57. The monoisotopic (exact) mass is 341 g/mol. The predicted octanol–water partition coefficient (Wildman–Crippen LogP) is 3.48. The highest BCUT2D eigenvalue weighted by Gasteiger charge is 2.20. The highest BCUT2D eigenvalue weighted by molar-refractivity contribution is 5.96. The first-order valence-electron chi connectivity index (χ1n) is 8.31. The summed E-state index contributed by atoms with van der Waals surface area (Å²) >= 11 is 0. The average Bonchev–Trinajstić information content (AvgIpc) is 2.62. The van der Waals surface area contributed by atoms with Crippen molar-refractivity contribution in [3.8, 4) is 0 Å². The van der Waals surface area contributed by atoms with Gasteiger partial charge in [-0.2, -0.15) is 0 Å². The topological polar surface area (TPSA) is 81.2 Å². The standard InChI is InChI=1S/C19H23N3O3/c1-5-12(2)15-6-8-16(9-7-15)22-18(23)14(4)25-19(24)17-11-20-13(3)10-21-17/h6-12,14H,5H2,1-4H3,(H,22,23)/t12-,14-/m0/s1. The number of amides is 1. The molecule has 25 heavy (non-hydrogen) atoms. The molecule has 1 aromatic heterocycles. The third-order valence-corrected chi connectivity index (χ3v) is 4.00. The van der Waals surface area contributed by atoms with Gasteiger partial charge < -0.3 is 10.1 Å². The zero-order valence-corrected chi connectivity index (χ0v) is 14.9. The second-order valence-corrected chi connectivity index (χ2v) is 6.01. The molecule has 0 aliphatic heterocycles. The molecule has 0 saturated heterocycles. The lowest BCUT2D eigenvalue weighted by Gasteiger charge is -2.14. The van der Waals surface area contributed by atoms with E-state index in [2.05, 4.69) is 29.1 Å². The molecule has 0 bridgehead atoms. The van der Waals surface area contributed by atoms with Crippen LogP contribution in [0.5, 0.6) is 0 Å². The van der Waals surface area contributed by atoms with Gasteiger partial charge in [0.2, 0.25) is 0 Å². The van der Waals surface area contributed by atoms with Crippen LogP contribution in [0.3, 0.4) is 0 Å². The van der Waals surface area contributed by atoms with Crippen molar-refractivity contribution in [3.63, 3.8) is 0 Å². The number of rotatable bonds is 6. The number of esters is 1. The minimum atomic E-state index is -0.940. The zero-order valence-electron chi connectivity index (χ0n) is 14.9. The van der Waals surface area contributed by atoms with E-state index in [1.807, 2.05) is 24.3 Å². The highest BCUT2D eigenvalue weighted by atomic mass is 16.5. The fraction of sp³-hybridized carbons (Fsp3) is 0.368. The molecule has 1 N–H and O–H groups in total. The number of hydrogen-bond acceptors (Lipinski definition) is 5. The smallest absolute Gasteiger partial charge is 0.359 e. The van der Waals surface area contributed by atoms with E-state index in [1.54, 1.807) is 6.92 Å². The Morgan fingerprint density at radius 1 is 1.12 bits per heavy atom. The summed E-state index contributed by atoms with van der Waals surface area (Å²) in [7, 11) is 0. The van der Waals surface area contributed by atoms with Crippen molar-refractivity contribution >= 4 is 17.6 Å². The molecule has 0 aliphatic rings. The van der Waals surface area contributed by atoms with Crippen molar-refractivity contribution in [2.24, 2.45) is 0 Å². The Kier molecular flexibility index (Phi) is 6.22. The number of benzene rings is 1. The normalized spacial score (nSPS) is 13.0. The first kappa shape index (κ1) is 18.6. The molecule has 2 rings (SSSR count). The highest BCUT2D eigenvalue weighted by Crippen LogP contribution is 2.20. The van der Waals surface area contributed by atoms with Crippen LogP contribution >= 0.6 is 0 Å². The molecule has 2 atom stereocenters. The molecule has 0 spiro atoms. The van der Waals surface area contributed by atoms with Crippen LogP contribution in [-0.2, 0) is 9.53 Å². The van der Waals surface area contributed by atoms with Crippen LogP contribution in [0.2, 0.25) is 0 Å². The molecule has 1 amide bonds. The van der Waals surface area contributed by atoms with Gasteiger partial charge in [-0.15, -0.1) is 0 Å². The van der Waals surface area contributed by atoms with E-state index in [-0.39, 0.29) is 5.69 Å². The minimum Gasteiger partial charge on any atom is -0.448 e. The van der Waals surface area contributed by atoms with Gasteiger partial charge in [-0.3, -0.25) is 9.78 Å². The average molecular weight is 341 g/mol. The maximum atomic E-state index is 12.2. The Labute approximate surface area is 147 Å². The third kappa shape index (κ3) is 5.11. The zero-order chi connectivity index (χ0) is 18.4. The number of aromatic nitrogens is 2. The van der Waals surface area contributed by atoms with Crippen molar-refractivity contribution < 1.29 is 14.3 Å². The summed E-state index contributed by atoms with van der Waals surface area (Å²) in [5, 5.41) is 2.74. The van der Waals surface area contributed by atoms with Crippen LogP contribution in [0.15, 0.2) is 36.7 Å². The fourth-order valence-electron chi connectivity index (χ4n) is 2.15. The summed E-state index contributed by atoms with van der Waals surface area (Å²) in [4.78, 5) is 32.1. The molecule has 1 heterocycles. The summed E-state index contributed by atoms with van der Waals surface area (Å²) in [5.41, 5.74) is 2.65. The maximum absolute atomic E-state index is 12.2. The molecular weight excluding hydrogens is 318 g/mol. The van der Waals surface area contributed by atoms with E-state index in [9.17, 15) is 9.59 Å². The van der Waals surface area contributed by atoms with Crippen LogP contribution < -0.4 is 5.32 Å². The van der Waals surface area contributed by atoms with E-state index >= 15 is 0 Å². The van der Waals surface area contributed by atoms with Crippen LogP contribution in [0.25, 0.3) is 0 Å². The molecule has 0 unspecified atom stereocenters. The van der Waals surface area contributed by atoms with Crippen molar-refractivity contribution in [1.29, 1.82) is 0 Å². The molecule has 0 radical (unpaired) electrons. The van der Waals surface area contributed by atoms with Crippen LogP contribution in [0.4, 0.5) is 5.69 Å². The second kappa shape index (κ2) is 8.37. The van der Waals surface area contributed by atoms with E-state index < -0.39 is 18.0 Å². The van der Waals surface area contributed by atoms with E-state index in [1.165, 1.54) is 24.9 Å². The number of carbonyl (C=O) groups is 2. The SMILES string of the molecule is CC[C@H](C)c1ccc(NC(=O)[C@H](C)OC(=O)c2cnc(C)cn2)cc1. The molecule has 0 saturated carbocycles. The number of nitrogens with zero attached hydrogens (tertiary/aromatic N) is 2. The predicted molar refractivity (Wildman–Crippen MR) is 95.4 cm³/mol. The van der Waals surface area contributed by atoms with Gasteiger partial charge in [-0.25, -0.2) is 9.78 Å². The fourth-order valence-corrected chi connectivity index (χ4v) is 2.15. The number of hydrogen-bond donors (Lipinski definition) is 1. The molecule has 6 heteroatoms. The lowest BCUT2D eigenvalue weighted by Crippen LogP contribution is -2.30. The Hall–Kier alpha value is -2.76. The number of anilines is 1. The summed E-state index contributed by atoms with van der Waals surface area (Å²) in [6.07, 6.45) is 2.92. The van der Waals surface area contributed by atoms with Gasteiger partial charge >= 0.3 is 5.97 Å². The Morgan fingerprint density at radius 2 is 1.80 bits per heavy atom. The van der Waals surface area contributed by atoms with E-state index in [4.69, 9.17) is 4.74 Å². The Balaban J connectivity index is 1.93. The maximum Gasteiger partial charge on any atom is 0.359 e. The van der Waals surface area contributed by atoms with Gasteiger partial charge in [-0.1, -0.05) is 26.0 Å². The molecule has 0 fully saturated rings. The molecule has 1 aromatic carbocycles. The number of ether oxygens (including phenoxy) is 1. The van der Waals surface area contributed by atoms with Gasteiger partial charge in [0.15, 0.2) is 11.8 Å². The van der Waals surface area contributed by atoms with Crippen LogP contribution in [0.1, 0.15) is 54.9 Å². The second-order valence-electron chi connectivity index (χ2n) is 6.01. The first-order valence-corrected chi connectivity index (χ1v) is 8.31. The number of carbonyl (C=O) groups excluding carboxylic acids is 2. The molecule has 6 nitrogen and oxygen atoms in total. The lowest BCUT2D eigenvalue weighted by atomic mass is 9.99. The third-order valence-electron chi connectivity index (χ3n) is 4.00. The van der Waals surface area contributed by atoms with E-state index in [0.29, 0.717) is 17.3 Å². The Morgan fingerprint density at radius 3 is 2.36 bits per heavy atom. The summed E-state index contributed by atoms with van der Waals surface area (Å²) in [6, 6.07) is 7.67. The van der Waals surface area contributed by atoms with Crippen molar-refractivity contribution in [1.82, 2.24) is 9.97 Å². The van der Waals surface area contributed by atoms with Crippen molar-refractivity contribution in [3.05, 3.63) is 53.6 Å². The molecule has 2 aromatic rings. The van der Waals surface area contributed by atoms with Crippen molar-refractivity contribution in [2.45, 2.75) is 46.1 Å². The number of aryl methyl sites for hydroxylation is 1. The molecule has 0 aliphatic carbocycles. The molecule has 132 valence electrons. The van der Waals surface area contributed by atoms with Gasteiger partial charge in [0.05, 0.1) is 11.9 Å². The number of nitrogens with one attached hydrogen (secondary N) is 1.